The van der Waals surface area contributed by atoms with Crippen molar-refractivity contribution in [1.29, 1.82) is 0 Å². The predicted molar refractivity (Wildman–Crippen MR) is 129 cm³/mol. The summed E-state index contributed by atoms with van der Waals surface area (Å²) in [6.07, 6.45) is -0.724. The van der Waals surface area contributed by atoms with Crippen LogP contribution in [-0.2, 0) is 19.1 Å². The first-order valence-corrected chi connectivity index (χ1v) is 12.2. The molecular formula is C26H24N2O6S. The Kier molecular flexibility index (Phi) is 6.52. The average molecular weight is 493 g/mol. The van der Waals surface area contributed by atoms with Gasteiger partial charge in [-0.25, -0.2) is 4.79 Å². The van der Waals surface area contributed by atoms with E-state index >= 15 is 0 Å². The lowest BCUT2D eigenvalue weighted by Gasteiger charge is -2.22. The van der Waals surface area contributed by atoms with E-state index in [2.05, 4.69) is 22.8 Å². The molecule has 1 saturated heterocycles. The summed E-state index contributed by atoms with van der Waals surface area (Å²) < 4.78 is 10.8. The first-order valence-electron chi connectivity index (χ1n) is 11.3. The molecular weight excluding hydrogens is 468 g/mol. The number of benzene rings is 2. The van der Waals surface area contributed by atoms with Gasteiger partial charge in [-0.1, -0.05) is 54.6 Å². The molecule has 3 atom stereocenters. The number of carbonyl (C=O) groups is 3. The van der Waals surface area contributed by atoms with Gasteiger partial charge in [-0.15, -0.1) is 11.3 Å². The van der Waals surface area contributed by atoms with E-state index in [1.165, 1.54) is 11.3 Å². The van der Waals surface area contributed by atoms with Gasteiger partial charge in [0.05, 0.1) is 19.3 Å². The minimum Gasteiger partial charge on any atom is -0.481 e. The molecule has 2 heterocycles. The van der Waals surface area contributed by atoms with Gasteiger partial charge in [0.25, 0.3) is 0 Å². The molecule has 0 bridgehead atoms. The zero-order valence-electron chi connectivity index (χ0n) is 18.7. The number of rotatable bonds is 7. The molecule has 1 aromatic heterocycles. The summed E-state index contributed by atoms with van der Waals surface area (Å²) in [5, 5.41) is 16.5. The van der Waals surface area contributed by atoms with Crippen molar-refractivity contribution in [3.05, 3.63) is 82.0 Å². The van der Waals surface area contributed by atoms with Gasteiger partial charge in [-0.3, -0.25) is 9.59 Å². The lowest BCUT2D eigenvalue weighted by atomic mass is 9.98. The molecule has 35 heavy (non-hydrogen) atoms. The second kappa shape index (κ2) is 9.89. The maximum Gasteiger partial charge on any atom is 0.408 e. The van der Waals surface area contributed by atoms with E-state index in [0.717, 1.165) is 22.3 Å². The van der Waals surface area contributed by atoms with Crippen LogP contribution >= 0.6 is 11.3 Å². The maximum absolute atomic E-state index is 13.1. The highest BCUT2D eigenvalue weighted by molar-refractivity contribution is 7.10. The molecule has 9 heteroatoms. The number of hydrogen-bond acceptors (Lipinski definition) is 6. The third-order valence-corrected chi connectivity index (χ3v) is 7.36. The highest BCUT2D eigenvalue weighted by Gasteiger charge is 2.37. The topological polar surface area (TPSA) is 114 Å². The Morgan fingerprint density at radius 1 is 1.00 bits per heavy atom. The molecule has 0 spiro atoms. The number of aliphatic carboxylic acids is 1. The van der Waals surface area contributed by atoms with Gasteiger partial charge in [-0.2, -0.15) is 0 Å². The average Bonchev–Trinajstić information content (AvgIpc) is 3.61. The molecule has 8 nitrogen and oxygen atoms in total. The number of fused-ring (bicyclic) bond motifs is 3. The number of hydrogen-bond donors (Lipinski definition) is 3. The molecule has 2 aromatic carbocycles. The van der Waals surface area contributed by atoms with Crippen LogP contribution in [0.1, 0.15) is 28.0 Å². The number of nitrogens with one attached hydrogen (secondary N) is 2. The summed E-state index contributed by atoms with van der Waals surface area (Å²) in [5.74, 6) is -2.49. The lowest BCUT2D eigenvalue weighted by Crippen LogP contribution is -2.48. The van der Waals surface area contributed by atoms with Crippen molar-refractivity contribution in [3.8, 4) is 11.1 Å². The summed E-state index contributed by atoms with van der Waals surface area (Å²) in [5.41, 5.74) is 4.43. The van der Waals surface area contributed by atoms with Crippen LogP contribution in [0.4, 0.5) is 4.79 Å². The molecule has 180 valence electrons. The van der Waals surface area contributed by atoms with Gasteiger partial charge in [-0.05, 0) is 33.7 Å². The first kappa shape index (κ1) is 23.1. The van der Waals surface area contributed by atoms with Crippen molar-refractivity contribution in [3.63, 3.8) is 0 Å². The van der Waals surface area contributed by atoms with Crippen LogP contribution in [0.25, 0.3) is 11.1 Å². The molecule has 1 aliphatic carbocycles. The maximum atomic E-state index is 13.1. The highest BCUT2D eigenvalue weighted by Crippen LogP contribution is 2.44. The van der Waals surface area contributed by atoms with E-state index in [4.69, 9.17) is 9.47 Å². The zero-order valence-corrected chi connectivity index (χ0v) is 19.5. The minimum atomic E-state index is -1.04. The van der Waals surface area contributed by atoms with Crippen molar-refractivity contribution >= 4 is 29.3 Å². The van der Waals surface area contributed by atoms with Crippen LogP contribution in [0.5, 0.6) is 0 Å². The van der Waals surface area contributed by atoms with Gasteiger partial charge in [0.2, 0.25) is 5.91 Å². The predicted octanol–water partition coefficient (Wildman–Crippen LogP) is 3.54. The van der Waals surface area contributed by atoms with Crippen molar-refractivity contribution in [2.45, 2.75) is 18.0 Å². The number of alkyl carbamates (subject to hydrolysis) is 1. The fourth-order valence-corrected chi connectivity index (χ4v) is 5.46. The molecule has 2 amide bonds. The molecule has 2 aliphatic rings. The fraction of sp³-hybridized carbons (Fsp3) is 0.269. The summed E-state index contributed by atoms with van der Waals surface area (Å²) in [4.78, 5) is 37.9. The Hall–Kier alpha value is -3.69. The molecule has 1 aliphatic heterocycles. The second-order valence-electron chi connectivity index (χ2n) is 8.52. The van der Waals surface area contributed by atoms with Crippen molar-refractivity contribution in [2.24, 2.45) is 5.92 Å². The smallest absolute Gasteiger partial charge is 0.408 e. The molecule has 0 radical (unpaired) electrons. The second-order valence-corrected chi connectivity index (χ2v) is 9.49. The Balaban J connectivity index is 1.27. The van der Waals surface area contributed by atoms with Crippen molar-refractivity contribution < 1.29 is 29.0 Å². The number of carboxylic acid groups (broad SMARTS) is 1. The van der Waals surface area contributed by atoms with Crippen LogP contribution in [0, 0.1) is 5.92 Å². The van der Waals surface area contributed by atoms with Gasteiger partial charge < -0.3 is 25.2 Å². The minimum absolute atomic E-state index is 0.0315. The van der Waals surface area contributed by atoms with Crippen LogP contribution in [0.15, 0.2) is 66.0 Å². The molecule has 3 unspecified atom stereocenters. The normalized spacial score (nSPS) is 19.4. The number of carbonyl (C=O) groups excluding carboxylic acids is 2. The van der Waals surface area contributed by atoms with Crippen LogP contribution in [0.3, 0.4) is 0 Å². The fourth-order valence-electron chi connectivity index (χ4n) is 4.69. The van der Waals surface area contributed by atoms with Gasteiger partial charge in [0.1, 0.15) is 18.6 Å². The Labute approximate surface area is 205 Å². The van der Waals surface area contributed by atoms with E-state index < -0.39 is 36.0 Å². The summed E-state index contributed by atoms with van der Waals surface area (Å²) in [6.45, 7) is 0.255. The third-order valence-electron chi connectivity index (χ3n) is 6.42. The Morgan fingerprint density at radius 2 is 1.69 bits per heavy atom. The van der Waals surface area contributed by atoms with E-state index in [-0.39, 0.29) is 25.7 Å². The van der Waals surface area contributed by atoms with E-state index in [1.54, 1.807) is 17.5 Å². The summed E-state index contributed by atoms with van der Waals surface area (Å²) >= 11 is 1.31. The summed E-state index contributed by atoms with van der Waals surface area (Å²) in [6, 6.07) is 17.9. The Morgan fingerprint density at radius 3 is 2.31 bits per heavy atom. The molecule has 3 N–H and O–H groups in total. The summed E-state index contributed by atoms with van der Waals surface area (Å²) in [7, 11) is 0. The molecule has 3 aromatic rings. The first-order chi connectivity index (χ1) is 17.0. The Bertz CT molecular complexity index is 1200. The lowest BCUT2D eigenvalue weighted by molar-refractivity contribution is -0.142. The van der Waals surface area contributed by atoms with Crippen molar-refractivity contribution in [2.75, 3.05) is 19.8 Å². The van der Waals surface area contributed by atoms with Crippen LogP contribution in [0.2, 0.25) is 0 Å². The van der Waals surface area contributed by atoms with Crippen LogP contribution in [-0.4, -0.2) is 48.9 Å². The quantitative estimate of drug-likeness (QED) is 0.465. The standard InChI is InChI=1S/C26H24N2O6S/c29-24(27-21-14-33-12-20(21)25(30)31)23(22-10-5-11-35-22)28-26(32)34-13-19-17-8-3-1-6-15(17)16-7-2-4-9-18(16)19/h1-11,19-21,23H,12-14H2,(H,27,29)(H,28,32)(H,30,31). The third kappa shape index (κ3) is 4.65. The van der Waals surface area contributed by atoms with Gasteiger partial charge in [0, 0.05) is 10.8 Å². The zero-order chi connectivity index (χ0) is 24.4. The number of amides is 2. The molecule has 1 fully saturated rings. The molecule has 0 saturated carbocycles. The number of ether oxygens (including phenoxy) is 2. The number of thiophene rings is 1. The van der Waals surface area contributed by atoms with E-state index in [9.17, 15) is 19.5 Å². The highest BCUT2D eigenvalue weighted by atomic mass is 32.1. The van der Waals surface area contributed by atoms with Crippen molar-refractivity contribution in [1.82, 2.24) is 10.6 Å². The van der Waals surface area contributed by atoms with Gasteiger partial charge in [0.15, 0.2) is 0 Å². The van der Waals surface area contributed by atoms with Crippen LogP contribution < -0.4 is 10.6 Å². The monoisotopic (exact) mass is 492 g/mol. The van der Waals surface area contributed by atoms with Gasteiger partial charge >= 0.3 is 12.1 Å². The van der Waals surface area contributed by atoms with E-state index in [1.807, 2.05) is 36.4 Å². The molecule has 5 rings (SSSR count). The SMILES string of the molecule is O=C(NC(C(=O)NC1COCC1C(=O)O)c1cccs1)OCC1c2ccccc2-c2ccccc21. The number of carboxylic acids is 1. The largest absolute Gasteiger partial charge is 0.481 e. The van der Waals surface area contributed by atoms with E-state index in [0.29, 0.717) is 4.88 Å².